The molecule has 9 nitrogen and oxygen atoms in total. The molecule has 0 amide bonds. The highest BCUT2D eigenvalue weighted by Gasteiger charge is 2.34. The number of aryl methyl sites for hydroxylation is 1. The van der Waals surface area contributed by atoms with Crippen molar-refractivity contribution in [3.63, 3.8) is 0 Å². The summed E-state index contributed by atoms with van der Waals surface area (Å²) in [6.07, 6.45) is -4.73. The van der Waals surface area contributed by atoms with E-state index in [1.54, 1.807) is 18.2 Å². The minimum absolute atomic E-state index is 0.0558. The number of rotatable bonds is 9. The molecule has 0 spiro atoms. The molecule has 0 aliphatic rings. The van der Waals surface area contributed by atoms with Crippen molar-refractivity contribution in [3.05, 3.63) is 97.4 Å². The van der Waals surface area contributed by atoms with Crippen LogP contribution in [-0.2, 0) is 19.4 Å². The molecule has 0 N–H and O–H groups in total. The molecule has 0 atom stereocenters. The summed E-state index contributed by atoms with van der Waals surface area (Å²) in [5, 5.41) is 11.3. The quantitative estimate of drug-likeness (QED) is 0.139. The number of nitro groups is 1. The van der Waals surface area contributed by atoms with Gasteiger partial charge >= 0.3 is 11.8 Å². The Balaban J connectivity index is 1.58. The first-order valence-corrected chi connectivity index (χ1v) is 11.4. The Morgan fingerprint density at radius 3 is 2.23 bits per heavy atom. The highest BCUT2D eigenvalue weighted by molar-refractivity contribution is 5.82. The fourth-order valence-corrected chi connectivity index (χ4v) is 3.94. The molecule has 0 unspecified atom stereocenters. The number of alkyl halides is 3. The first-order valence-electron chi connectivity index (χ1n) is 11.4. The lowest BCUT2D eigenvalue weighted by atomic mass is 10.1. The van der Waals surface area contributed by atoms with Gasteiger partial charge in [-0.15, -0.1) is 0 Å². The van der Waals surface area contributed by atoms with Gasteiger partial charge in [-0.1, -0.05) is 11.6 Å². The van der Waals surface area contributed by atoms with Gasteiger partial charge in [-0.05, 0) is 37.3 Å². The Morgan fingerprint density at radius 2 is 1.56 bits per heavy atom. The van der Waals surface area contributed by atoms with Crippen molar-refractivity contribution in [1.29, 1.82) is 0 Å². The van der Waals surface area contributed by atoms with Crippen molar-refractivity contribution >= 4 is 16.7 Å². The van der Waals surface area contributed by atoms with Crippen LogP contribution in [-0.4, -0.2) is 19.1 Å². The molecule has 0 radical (unpaired) electrons. The SMILES string of the molecule is COc1cc(COc2ccc(C)cc2COc2ccc3c(C(F)(F)F)cc(=O)oc3c2)c([N+](=O)[O-])cc1OC. The van der Waals surface area contributed by atoms with Crippen molar-refractivity contribution in [2.45, 2.75) is 26.3 Å². The van der Waals surface area contributed by atoms with Crippen molar-refractivity contribution in [2.75, 3.05) is 14.2 Å². The van der Waals surface area contributed by atoms with Crippen LogP contribution in [0.5, 0.6) is 23.0 Å². The Labute approximate surface area is 219 Å². The third-order valence-electron chi connectivity index (χ3n) is 5.80. The molecule has 3 aromatic carbocycles. The van der Waals surface area contributed by atoms with Crippen LogP contribution < -0.4 is 24.6 Å². The van der Waals surface area contributed by atoms with Gasteiger partial charge < -0.3 is 23.4 Å². The second kappa shape index (κ2) is 10.9. The van der Waals surface area contributed by atoms with Crippen molar-refractivity contribution in [2.24, 2.45) is 0 Å². The predicted octanol–water partition coefficient (Wildman–Crippen LogP) is 6.20. The first kappa shape index (κ1) is 27.3. The third-order valence-corrected chi connectivity index (χ3v) is 5.80. The number of hydrogen-bond acceptors (Lipinski definition) is 8. The van der Waals surface area contributed by atoms with Gasteiger partial charge in [0, 0.05) is 23.1 Å². The van der Waals surface area contributed by atoms with E-state index in [1.807, 2.05) is 6.92 Å². The third kappa shape index (κ3) is 6.06. The number of ether oxygens (including phenoxy) is 4. The van der Waals surface area contributed by atoms with E-state index < -0.39 is 22.3 Å². The molecule has 0 aliphatic heterocycles. The molecule has 1 heterocycles. The minimum atomic E-state index is -4.73. The van der Waals surface area contributed by atoms with E-state index in [2.05, 4.69) is 0 Å². The normalized spacial score (nSPS) is 11.3. The summed E-state index contributed by atoms with van der Waals surface area (Å²) in [6.45, 7) is 1.61. The van der Waals surface area contributed by atoms with Crippen LogP contribution in [0.2, 0.25) is 0 Å². The molecular formula is C27H22F3NO8. The van der Waals surface area contributed by atoms with Crippen molar-refractivity contribution in [1.82, 2.24) is 0 Å². The summed E-state index contributed by atoms with van der Waals surface area (Å²) in [5.74, 6) is 1.03. The zero-order valence-electron chi connectivity index (χ0n) is 21.0. The van der Waals surface area contributed by atoms with Crippen LogP contribution in [0.15, 0.2) is 63.8 Å². The fraction of sp³-hybridized carbons (Fsp3) is 0.222. The van der Waals surface area contributed by atoms with Gasteiger partial charge in [0.15, 0.2) is 11.5 Å². The Hall–Kier alpha value is -4.74. The maximum atomic E-state index is 13.3. The Morgan fingerprint density at radius 1 is 0.872 bits per heavy atom. The fourth-order valence-electron chi connectivity index (χ4n) is 3.94. The largest absolute Gasteiger partial charge is 0.493 e. The average Bonchev–Trinajstić information content (AvgIpc) is 2.89. The van der Waals surface area contributed by atoms with Crippen LogP contribution in [0.25, 0.3) is 11.0 Å². The molecule has 0 fully saturated rings. The summed E-state index contributed by atoms with van der Waals surface area (Å²) in [6, 6.07) is 12.1. The number of hydrogen-bond donors (Lipinski definition) is 0. The maximum Gasteiger partial charge on any atom is 0.417 e. The van der Waals surface area contributed by atoms with Crippen LogP contribution in [0.4, 0.5) is 18.9 Å². The van der Waals surface area contributed by atoms with E-state index in [-0.39, 0.29) is 46.9 Å². The molecule has 0 saturated carbocycles. The number of benzene rings is 3. The average molecular weight is 545 g/mol. The molecule has 4 aromatic rings. The predicted molar refractivity (Wildman–Crippen MR) is 134 cm³/mol. The van der Waals surface area contributed by atoms with Crippen LogP contribution in [0.1, 0.15) is 22.3 Å². The maximum absolute atomic E-state index is 13.3. The lowest BCUT2D eigenvalue weighted by molar-refractivity contribution is -0.385. The molecule has 0 aliphatic carbocycles. The van der Waals surface area contributed by atoms with Crippen molar-refractivity contribution < 1.29 is 41.5 Å². The van der Waals surface area contributed by atoms with E-state index in [0.29, 0.717) is 23.1 Å². The van der Waals surface area contributed by atoms with E-state index in [4.69, 9.17) is 23.4 Å². The van der Waals surface area contributed by atoms with Gasteiger partial charge in [-0.2, -0.15) is 13.2 Å². The summed E-state index contributed by atoms with van der Waals surface area (Å²) >= 11 is 0. The van der Waals surface area contributed by atoms with Crippen LogP contribution >= 0.6 is 0 Å². The Bertz CT molecular complexity index is 1600. The van der Waals surface area contributed by atoms with Crippen molar-refractivity contribution in [3.8, 4) is 23.0 Å². The van der Waals surface area contributed by atoms with E-state index in [9.17, 15) is 28.1 Å². The van der Waals surface area contributed by atoms with Gasteiger partial charge in [0.25, 0.3) is 5.69 Å². The number of nitrogens with zero attached hydrogens (tertiary/aromatic N) is 1. The minimum Gasteiger partial charge on any atom is -0.493 e. The standard InChI is InChI=1S/C27H22F3NO8/c1-15-4-7-22(38-13-16-9-24(35-2)25(36-3)12-21(16)31(33)34)17(8-15)14-37-18-5-6-19-20(27(28,29)30)11-26(32)39-23(19)10-18/h4-12H,13-14H2,1-3H3. The van der Waals surface area contributed by atoms with Gasteiger partial charge in [0.1, 0.15) is 30.3 Å². The lowest BCUT2D eigenvalue weighted by Gasteiger charge is -2.15. The number of fused-ring (bicyclic) bond motifs is 1. The summed E-state index contributed by atoms with van der Waals surface area (Å²) in [5.41, 5.74) is -1.03. The molecule has 0 saturated heterocycles. The summed E-state index contributed by atoms with van der Waals surface area (Å²) < 4.78 is 67.0. The number of halogens is 3. The second-order valence-corrected chi connectivity index (χ2v) is 8.42. The molecule has 1 aromatic heterocycles. The van der Waals surface area contributed by atoms with Gasteiger partial charge in [0.2, 0.25) is 0 Å². The smallest absolute Gasteiger partial charge is 0.417 e. The highest BCUT2D eigenvalue weighted by atomic mass is 19.4. The molecule has 204 valence electrons. The van der Waals surface area contributed by atoms with E-state index in [0.717, 1.165) is 5.56 Å². The molecule has 12 heteroatoms. The number of nitro benzene ring substituents is 1. The zero-order chi connectivity index (χ0) is 28.3. The monoisotopic (exact) mass is 545 g/mol. The number of methoxy groups -OCH3 is 2. The van der Waals surface area contributed by atoms with Gasteiger partial charge in [-0.3, -0.25) is 10.1 Å². The molecule has 39 heavy (non-hydrogen) atoms. The molecule has 4 rings (SSSR count). The molecule has 0 bridgehead atoms. The highest BCUT2D eigenvalue weighted by Crippen LogP contribution is 2.36. The van der Waals surface area contributed by atoms with Gasteiger partial charge in [0.05, 0.1) is 36.3 Å². The summed E-state index contributed by atoms with van der Waals surface area (Å²) in [7, 11) is 2.78. The van der Waals surface area contributed by atoms with Crippen LogP contribution in [0.3, 0.4) is 0 Å². The second-order valence-electron chi connectivity index (χ2n) is 8.42. The van der Waals surface area contributed by atoms with E-state index in [1.165, 1.54) is 44.6 Å². The molecular weight excluding hydrogens is 523 g/mol. The lowest BCUT2D eigenvalue weighted by Crippen LogP contribution is -2.11. The Kier molecular flexibility index (Phi) is 7.65. The topological polar surface area (TPSA) is 110 Å². The van der Waals surface area contributed by atoms with Crippen LogP contribution in [0, 0.1) is 17.0 Å². The first-order chi connectivity index (χ1) is 18.5. The van der Waals surface area contributed by atoms with E-state index >= 15 is 0 Å². The van der Waals surface area contributed by atoms with Gasteiger partial charge in [-0.25, -0.2) is 4.79 Å². The summed E-state index contributed by atoms with van der Waals surface area (Å²) in [4.78, 5) is 22.7. The zero-order valence-corrected chi connectivity index (χ0v) is 21.0.